The fourth-order valence-electron chi connectivity index (χ4n) is 4.53. The van der Waals surface area contributed by atoms with Crippen molar-refractivity contribution in [2.45, 2.75) is 17.9 Å². The third kappa shape index (κ3) is 3.96. The highest BCUT2D eigenvalue weighted by atomic mass is 35.5. The van der Waals surface area contributed by atoms with Crippen LogP contribution in [0.25, 0.3) is 0 Å². The summed E-state index contributed by atoms with van der Waals surface area (Å²) in [6.45, 7) is 0.390. The Morgan fingerprint density at radius 1 is 0.912 bits per heavy atom. The second-order valence-electron chi connectivity index (χ2n) is 8.06. The van der Waals surface area contributed by atoms with Crippen LogP contribution in [-0.4, -0.2) is 31.1 Å². The molecule has 2 saturated heterocycles. The van der Waals surface area contributed by atoms with Crippen molar-refractivity contribution in [1.29, 1.82) is 0 Å². The lowest BCUT2D eigenvalue weighted by atomic mass is 9.82. The van der Waals surface area contributed by atoms with Crippen LogP contribution in [0.15, 0.2) is 72.8 Å². The first-order valence-electron chi connectivity index (χ1n) is 10.3. The summed E-state index contributed by atoms with van der Waals surface area (Å²) >= 11 is 12.1. The van der Waals surface area contributed by atoms with Gasteiger partial charge in [0.15, 0.2) is 0 Å². The number of ether oxygens (including phenoxy) is 2. The predicted molar refractivity (Wildman–Crippen MR) is 123 cm³/mol. The Bertz CT molecular complexity index is 1220. The summed E-state index contributed by atoms with van der Waals surface area (Å²) in [4.78, 5) is 17.1. The van der Waals surface area contributed by atoms with E-state index in [0.29, 0.717) is 27.0 Å². The number of benzene rings is 3. The first kappa shape index (κ1) is 22.8. The van der Waals surface area contributed by atoms with E-state index in [0.717, 1.165) is 0 Å². The van der Waals surface area contributed by atoms with Crippen molar-refractivity contribution in [2.24, 2.45) is 0 Å². The van der Waals surface area contributed by atoms with Gasteiger partial charge >= 0.3 is 12.4 Å². The molecule has 0 saturated carbocycles. The Labute approximate surface area is 203 Å². The molecule has 0 bridgehead atoms. The van der Waals surface area contributed by atoms with E-state index < -0.39 is 17.9 Å². The van der Waals surface area contributed by atoms with Crippen LogP contribution < -0.4 is 14.5 Å². The van der Waals surface area contributed by atoms with E-state index in [-0.39, 0.29) is 25.0 Å². The second-order valence-corrected chi connectivity index (χ2v) is 8.93. The molecule has 0 radical (unpaired) electrons. The van der Waals surface area contributed by atoms with Gasteiger partial charge in [-0.15, -0.1) is 13.2 Å². The molecule has 1 spiro atoms. The smallest absolute Gasteiger partial charge is 0.406 e. The van der Waals surface area contributed by atoms with Crippen LogP contribution in [0.3, 0.4) is 0 Å². The first-order valence-corrected chi connectivity index (χ1v) is 11.0. The molecule has 2 aliphatic heterocycles. The van der Waals surface area contributed by atoms with Gasteiger partial charge in [-0.2, -0.15) is 0 Å². The molecule has 0 unspecified atom stereocenters. The monoisotopic (exact) mass is 508 g/mol. The molecule has 0 aromatic heterocycles. The average Bonchev–Trinajstić information content (AvgIpc) is 3.03. The number of amides is 2. The lowest BCUT2D eigenvalue weighted by molar-refractivity contribution is -0.274. The first-order chi connectivity index (χ1) is 16.2. The van der Waals surface area contributed by atoms with Gasteiger partial charge in [0.1, 0.15) is 11.3 Å². The summed E-state index contributed by atoms with van der Waals surface area (Å²) in [6.07, 6.45) is -4.84. The van der Waals surface area contributed by atoms with Gasteiger partial charge in [0.25, 0.3) is 0 Å². The molecule has 2 aliphatic rings. The summed E-state index contributed by atoms with van der Waals surface area (Å²) in [5.41, 5.74) is 0.762. The summed E-state index contributed by atoms with van der Waals surface area (Å²) in [5.74, 6) is -0.367. The third-order valence-corrected chi connectivity index (χ3v) is 6.41. The molecule has 5 nitrogen and oxygen atoms in total. The molecular weight excluding hydrogens is 492 g/mol. The Balaban J connectivity index is 1.66. The minimum atomic E-state index is -4.84. The van der Waals surface area contributed by atoms with Crippen LogP contribution in [0.4, 0.5) is 29.3 Å². The van der Waals surface area contributed by atoms with E-state index in [1.807, 2.05) is 0 Å². The standard InChI is InChI=1S/C24H17Cl2F3N2O3/c25-16-4-8-18(9-5-16)30-21(15-2-1-3-20(12-15)34-24(27,28)29)23(13-33-14-23)31(22(30)32)19-10-6-17(26)7-11-19/h1-12,21H,13-14H2/t21-/m1/s1. The predicted octanol–water partition coefficient (Wildman–Crippen LogP) is 6.85. The van der Waals surface area contributed by atoms with E-state index in [2.05, 4.69) is 4.74 Å². The molecule has 0 N–H and O–H groups in total. The Morgan fingerprint density at radius 3 is 2.03 bits per heavy atom. The van der Waals surface area contributed by atoms with Gasteiger partial charge in [0.05, 0.1) is 19.3 Å². The molecule has 176 valence electrons. The van der Waals surface area contributed by atoms with Gasteiger partial charge in [0.2, 0.25) is 0 Å². The SMILES string of the molecule is O=C1N(c2ccc(Cl)cc2)[C@H](c2cccc(OC(F)(F)F)c2)C2(COC2)N1c1ccc(Cl)cc1. The molecule has 2 fully saturated rings. The zero-order valence-electron chi connectivity index (χ0n) is 17.4. The number of nitrogens with zero attached hydrogens (tertiary/aromatic N) is 2. The van der Waals surface area contributed by atoms with E-state index in [9.17, 15) is 18.0 Å². The highest BCUT2D eigenvalue weighted by Gasteiger charge is 2.63. The largest absolute Gasteiger partial charge is 0.573 e. The van der Waals surface area contributed by atoms with Crippen LogP contribution in [0.5, 0.6) is 5.75 Å². The van der Waals surface area contributed by atoms with Crippen molar-refractivity contribution in [1.82, 2.24) is 0 Å². The van der Waals surface area contributed by atoms with Crippen LogP contribution in [-0.2, 0) is 4.74 Å². The molecule has 3 aromatic rings. The van der Waals surface area contributed by atoms with E-state index >= 15 is 0 Å². The normalized spacial score (nSPS) is 19.4. The summed E-state index contributed by atoms with van der Waals surface area (Å²) in [7, 11) is 0. The van der Waals surface area contributed by atoms with Crippen LogP contribution >= 0.6 is 23.2 Å². The molecule has 5 rings (SSSR count). The maximum atomic E-state index is 13.9. The number of hydrogen-bond acceptors (Lipinski definition) is 3. The maximum Gasteiger partial charge on any atom is 0.573 e. The van der Waals surface area contributed by atoms with Gasteiger partial charge in [0, 0.05) is 21.4 Å². The zero-order chi connectivity index (χ0) is 24.1. The highest BCUT2D eigenvalue weighted by molar-refractivity contribution is 6.31. The second kappa shape index (κ2) is 8.37. The van der Waals surface area contributed by atoms with Gasteiger partial charge < -0.3 is 9.47 Å². The van der Waals surface area contributed by atoms with Crippen LogP contribution in [0.2, 0.25) is 10.0 Å². The average molecular weight is 509 g/mol. The number of anilines is 2. The number of urea groups is 1. The van der Waals surface area contributed by atoms with Crippen molar-refractivity contribution in [2.75, 3.05) is 23.0 Å². The number of rotatable bonds is 4. The Kier molecular flexibility index (Phi) is 5.62. The van der Waals surface area contributed by atoms with Gasteiger partial charge in [-0.1, -0.05) is 35.3 Å². The van der Waals surface area contributed by atoms with Gasteiger partial charge in [-0.05, 0) is 66.2 Å². The highest BCUT2D eigenvalue weighted by Crippen LogP contribution is 2.51. The fraction of sp³-hybridized carbons (Fsp3) is 0.208. The molecule has 34 heavy (non-hydrogen) atoms. The van der Waals surface area contributed by atoms with Crippen LogP contribution in [0, 0.1) is 0 Å². The quantitative estimate of drug-likeness (QED) is 0.387. The van der Waals surface area contributed by atoms with Gasteiger partial charge in [-0.3, -0.25) is 9.80 Å². The lowest BCUT2D eigenvalue weighted by Crippen LogP contribution is -2.62. The number of alkyl halides is 3. The molecule has 2 heterocycles. The van der Waals surface area contributed by atoms with Crippen LogP contribution in [0.1, 0.15) is 11.6 Å². The maximum absolute atomic E-state index is 13.9. The summed E-state index contributed by atoms with van der Waals surface area (Å²) in [6, 6.07) is 18.2. The molecular formula is C24H17Cl2F3N2O3. The lowest BCUT2D eigenvalue weighted by Gasteiger charge is -2.47. The number of carbonyl (C=O) groups excluding carboxylic acids is 1. The third-order valence-electron chi connectivity index (χ3n) is 5.91. The minimum Gasteiger partial charge on any atom is -0.406 e. The Morgan fingerprint density at radius 2 is 1.50 bits per heavy atom. The van der Waals surface area contributed by atoms with Crippen molar-refractivity contribution in [3.8, 4) is 5.75 Å². The number of carbonyl (C=O) groups is 1. The molecule has 3 aromatic carbocycles. The van der Waals surface area contributed by atoms with E-state index in [4.69, 9.17) is 27.9 Å². The Hall–Kier alpha value is -2.94. The molecule has 2 amide bonds. The number of halogens is 5. The zero-order valence-corrected chi connectivity index (χ0v) is 18.9. The molecule has 10 heteroatoms. The molecule has 1 atom stereocenters. The van der Waals surface area contributed by atoms with Crippen molar-refractivity contribution < 1.29 is 27.4 Å². The van der Waals surface area contributed by atoms with Crippen molar-refractivity contribution >= 4 is 40.6 Å². The van der Waals surface area contributed by atoms with Gasteiger partial charge in [-0.25, -0.2) is 4.79 Å². The molecule has 0 aliphatic carbocycles. The van der Waals surface area contributed by atoms with Crippen molar-refractivity contribution in [3.63, 3.8) is 0 Å². The van der Waals surface area contributed by atoms with E-state index in [1.54, 1.807) is 64.4 Å². The fourth-order valence-corrected chi connectivity index (χ4v) is 4.78. The minimum absolute atomic E-state index is 0.195. The van der Waals surface area contributed by atoms with E-state index in [1.165, 1.54) is 18.2 Å². The summed E-state index contributed by atoms with van der Waals surface area (Å²) < 4.78 is 48.4. The summed E-state index contributed by atoms with van der Waals surface area (Å²) in [5, 5.41) is 1.00. The van der Waals surface area contributed by atoms with Crippen molar-refractivity contribution in [3.05, 3.63) is 88.4 Å². The number of hydrogen-bond donors (Lipinski definition) is 0. The topological polar surface area (TPSA) is 42.0 Å².